The van der Waals surface area contributed by atoms with Gasteiger partial charge in [0.05, 0.1) is 10.8 Å². The highest BCUT2D eigenvalue weighted by atomic mass is 32.2. The third kappa shape index (κ3) is 4.88. The van der Waals surface area contributed by atoms with Gasteiger partial charge < -0.3 is 5.11 Å². The van der Waals surface area contributed by atoms with Crippen LogP contribution in [0.15, 0.2) is 114 Å². The molecule has 1 atom stereocenters. The number of fused-ring (bicyclic) bond motifs is 2. The Kier molecular flexibility index (Phi) is 5.97. The molecule has 2 N–H and O–H groups in total. The molecule has 0 aliphatic carbocycles. The van der Waals surface area contributed by atoms with Crippen molar-refractivity contribution in [1.82, 2.24) is 4.72 Å². The van der Waals surface area contributed by atoms with E-state index in [0.29, 0.717) is 5.56 Å². The number of amides is 1. The summed E-state index contributed by atoms with van der Waals surface area (Å²) in [6.45, 7) is 0. The van der Waals surface area contributed by atoms with Gasteiger partial charge in [-0.1, -0.05) is 84.9 Å². The van der Waals surface area contributed by atoms with Crippen molar-refractivity contribution in [2.45, 2.75) is 17.2 Å². The molecule has 5 rings (SSSR count). The predicted octanol–water partition coefficient (Wildman–Crippen LogP) is 5.53. The largest absolute Gasteiger partial charge is 0.508 e. The fraction of sp³-hybridized carbons (Fsp3) is 0.0690. The molecule has 5 aromatic carbocycles. The quantitative estimate of drug-likeness (QED) is 0.334. The van der Waals surface area contributed by atoms with Crippen LogP contribution in [0.3, 0.4) is 0 Å². The van der Waals surface area contributed by atoms with E-state index in [1.807, 2.05) is 66.7 Å². The summed E-state index contributed by atoms with van der Waals surface area (Å²) in [6.07, 6.45) is 0.275. The lowest BCUT2D eigenvalue weighted by atomic mass is 9.90. The predicted molar refractivity (Wildman–Crippen MR) is 138 cm³/mol. The summed E-state index contributed by atoms with van der Waals surface area (Å²) in [7, 11) is -4.09. The molecule has 0 aliphatic rings. The standard InChI is InChI=1S/C29H23NO4S/c31-26-14-9-20(10-15-26)17-28(25-12-11-21-5-1-3-7-23(21)18-25)29(32)30-35(33,34)27-16-13-22-6-2-4-8-24(22)19-27/h1-16,18-19,28,31H,17H2,(H,30,32). The minimum atomic E-state index is -4.09. The summed E-state index contributed by atoms with van der Waals surface area (Å²) in [5.74, 6) is -1.24. The van der Waals surface area contributed by atoms with Crippen LogP contribution in [0.5, 0.6) is 5.75 Å². The zero-order valence-corrected chi connectivity index (χ0v) is 19.6. The summed E-state index contributed by atoms with van der Waals surface area (Å²) >= 11 is 0. The highest BCUT2D eigenvalue weighted by Gasteiger charge is 2.27. The van der Waals surface area contributed by atoms with E-state index in [9.17, 15) is 18.3 Å². The fourth-order valence-electron chi connectivity index (χ4n) is 4.25. The molecule has 0 saturated carbocycles. The van der Waals surface area contributed by atoms with E-state index in [-0.39, 0.29) is 17.1 Å². The number of nitrogens with one attached hydrogen (secondary N) is 1. The van der Waals surface area contributed by atoms with Crippen LogP contribution in [0, 0.1) is 0 Å². The van der Waals surface area contributed by atoms with Gasteiger partial charge in [0, 0.05) is 0 Å². The Morgan fingerprint density at radius 1 is 0.714 bits per heavy atom. The molecular weight excluding hydrogens is 458 g/mol. The van der Waals surface area contributed by atoms with E-state index < -0.39 is 21.8 Å². The lowest BCUT2D eigenvalue weighted by Gasteiger charge is -2.18. The average molecular weight is 482 g/mol. The van der Waals surface area contributed by atoms with Crippen molar-refractivity contribution >= 4 is 37.5 Å². The zero-order valence-electron chi connectivity index (χ0n) is 18.8. The molecule has 35 heavy (non-hydrogen) atoms. The van der Waals surface area contributed by atoms with Crippen LogP contribution >= 0.6 is 0 Å². The second kappa shape index (κ2) is 9.24. The van der Waals surface area contributed by atoms with Gasteiger partial charge in [-0.05, 0) is 63.4 Å². The third-order valence-corrected chi connectivity index (χ3v) is 7.48. The van der Waals surface area contributed by atoms with Crippen LogP contribution in [0.4, 0.5) is 0 Å². The van der Waals surface area contributed by atoms with Crippen LogP contribution < -0.4 is 4.72 Å². The molecule has 0 heterocycles. The maximum absolute atomic E-state index is 13.5. The fourth-order valence-corrected chi connectivity index (χ4v) is 5.31. The van der Waals surface area contributed by atoms with Gasteiger partial charge in [0.1, 0.15) is 5.75 Å². The summed E-state index contributed by atoms with van der Waals surface area (Å²) in [5.41, 5.74) is 1.52. The van der Waals surface area contributed by atoms with E-state index in [2.05, 4.69) is 4.72 Å². The third-order valence-electron chi connectivity index (χ3n) is 6.13. The van der Waals surface area contributed by atoms with Crippen molar-refractivity contribution in [1.29, 1.82) is 0 Å². The minimum Gasteiger partial charge on any atom is -0.508 e. The van der Waals surface area contributed by atoms with Crippen LogP contribution in [-0.4, -0.2) is 19.4 Å². The molecule has 5 nitrogen and oxygen atoms in total. The first-order valence-electron chi connectivity index (χ1n) is 11.2. The summed E-state index contributed by atoms with van der Waals surface area (Å²) in [6, 6.07) is 32.3. The van der Waals surface area contributed by atoms with Gasteiger partial charge in [-0.3, -0.25) is 4.79 Å². The number of hydrogen-bond acceptors (Lipinski definition) is 4. The lowest BCUT2D eigenvalue weighted by molar-refractivity contribution is -0.120. The topological polar surface area (TPSA) is 83.5 Å². The van der Waals surface area contributed by atoms with Crippen LogP contribution in [-0.2, 0) is 21.2 Å². The molecule has 0 fully saturated rings. The van der Waals surface area contributed by atoms with E-state index in [1.165, 1.54) is 6.07 Å². The molecule has 0 aliphatic heterocycles. The van der Waals surface area contributed by atoms with Crippen molar-refractivity contribution in [3.05, 3.63) is 120 Å². The highest BCUT2D eigenvalue weighted by molar-refractivity contribution is 7.90. The number of aromatic hydroxyl groups is 1. The molecule has 6 heteroatoms. The monoisotopic (exact) mass is 481 g/mol. The average Bonchev–Trinajstić information content (AvgIpc) is 2.87. The number of benzene rings is 5. The Morgan fingerprint density at radius 2 is 1.29 bits per heavy atom. The zero-order chi connectivity index (χ0) is 24.4. The van der Waals surface area contributed by atoms with Gasteiger partial charge in [-0.15, -0.1) is 0 Å². The number of phenols is 1. The van der Waals surface area contributed by atoms with E-state index in [4.69, 9.17) is 0 Å². The van der Waals surface area contributed by atoms with Crippen molar-refractivity contribution in [3.8, 4) is 5.75 Å². The van der Waals surface area contributed by atoms with Gasteiger partial charge in [0.2, 0.25) is 5.91 Å². The number of rotatable bonds is 6. The molecule has 0 aromatic heterocycles. The van der Waals surface area contributed by atoms with Crippen molar-refractivity contribution in [2.24, 2.45) is 0 Å². The molecule has 0 bridgehead atoms. The first-order valence-corrected chi connectivity index (χ1v) is 12.7. The number of hydrogen-bond donors (Lipinski definition) is 2. The van der Waals surface area contributed by atoms with Crippen molar-refractivity contribution < 1.29 is 18.3 Å². The Bertz CT molecular complexity index is 1640. The number of phenolic OH excluding ortho intramolecular Hbond substituents is 1. The maximum Gasteiger partial charge on any atom is 0.264 e. The Morgan fingerprint density at radius 3 is 1.94 bits per heavy atom. The Hall–Kier alpha value is -4.16. The molecular formula is C29H23NO4S. The normalized spacial score (nSPS) is 12.5. The lowest BCUT2D eigenvalue weighted by Crippen LogP contribution is -2.35. The van der Waals surface area contributed by atoms with Crippen molar-refractivity contribution in [3.63, 3.8) is 0 Å². The van der Waals surface area contributed by atoms with Crippen LogP contribution in [0.1, 0.15) is 17.0 Å². The van der Waals surface area contributed by atoms with Gasteiger partial charge in [-0.2, -0.15) is 0 Å². The van der Waals surface area contributed by atoms with Gasteiger partial charge in [-0.25, -0.2) is 13.1 Å². The van der Waals surface area contributed by atoms with Gasteiger partial charge in [0.15, 0.2) is 0 Å². The minimum absolute atomic E-state index is 0.0337. The second-order valence-corrected chi connectivity index (χ2v) is 10.2. The van der Waals surface area contributed by atoms with E-state index in [0.717, 1.165) is 27.1 Å². The Labute approximate surface area is 203 Å². The molecule has 0 saturated heterocycles. The van der Waals surface area contributed by atoms with Crippen LogP contribution in [0.2, 0.25) is 0 Å². The van der Waals surface area contributed by atoms with Crippen LogP contribution in [0.25, 0.3) is 21.5 Å². The number of carbonyl (C=O) groups excluding carboxylic acids is 1. The van der Waals surface area contributed by atoms with E-state index in [1.54, 1.807) is 36.4 Å². The summed E-state index contributed by atoms with van der Waals surface area (Å²) in [4.78, 5) is 13.5. The molecule has 5 aromatic rings. The first-order chi connectivity index (χ1) is 16.9. The Balaban J connectivity index is 1.50. The molecule has 1 amide bonds. The molecule has 1 unspecified atom stereocenters. The number of sulfonamides is 1. The van der Waals surface area contributed by atoms with Gasteiger partial charge in [0.25, 0.3) is 10.0 Å². The SMILES string of the molecule is O=C(NS(=O)(=O)c1ccc2ccccc2c1)C(Cc1ccc(O)cc1)c1ccc2ccccc2c1. The molecule has 0 spiro atoms. The summed E-state index contributed by atoms with van der Waals surface area (Å²) < 4.78 is 28.6. The van der Waals surface area contributed by atoms with E-state index >= 15 is 0 Å². The van der Waals surface area contributed by atoms with Gasteiger partial charge >= 0.3 is 0 Å². The smallest absolute Gasteiger partial charge is 0.264 e. The maximum atomic E-state index is 13.5. The second-order valence-electron chi connectivity index (χ2n) is 8.51. The molecule has 174 valence electrons. The van der Waals surface area contributed by atoms with Crippen molar-refractivity contribution in [2.75, 3.05) is 0 Å². The highest BCUT2D eigenvalue weighted by Crippen LogP contribution is 2.27. The summed E-state index contributed by atoms with van der Waals surface area (Å²) in [5, 5.41) is 13.3. The molecule has 0 radical (unpaired) electrons. The number of carbonyl (C=O) groups is 1. The first kappa shape index (κ1) is 22.6.